The highest BCUT2D eigenvalue weighted by Gasteiger charge is 2.02. The van der Waals surface area contributed by atoms with E-state index in [4.69, 9.17) is 12.2 Å². The number of nitrogens with one attached hydrogen (secondary N) is 2. The van der Waals surface area contributed by atoms with Gasteiger partial charge in [-0.25, -0.2) is 0 Å². The fourth-order valence-corrected chi connectivity index (χ4v) is 3.31. The molecule has 0 aliphatic heterocycles. The molecule has 0 aromatic heterocycles. The highest BCUT2D eigenvalue weighted by Crippen LogP contribution is 2.12. The second-order valence-electron chi connectivity index (χ2n) is 7.50. The lowest BCUT2D eigenvalue weighted by atomic mass is 10.0. The largest absolute Gasteiger partial charge is 0.362 e. The van der Waals surface area contributed by atoms with Crippen molar-refractivity contribution in [2.24, 2.45) is 0 Å². The smallest absolute Gasteiger partial charge is 0.226 e. The molecule has 0 aromatic carbocycles. The number of hydrogen-bond donors (Lipinski definition) is 2. The van der Waals surface area contributed by atoms with Crippen LogP contribution in [0.3, 0.4) is 0 Å². The fraction of sp³-hybridized carbons (Fsp3) is 0.909. The number of carbonyl (C=O) groups excluding carboxylic acids is 1. The number of unbranched alkanes of at least 4 members (excludes halogenated alkanes) is 14. The summed E-state index contributed by atoms with van der Waals surface area (Å²) in [5, 5.41) is 6.37. The van der Waals surface area contributed by atoms with Gasteiger partial charge in [-0.3, -0.25) is 4.79 Å². The van der Waals surface area contributed by atoms with Crippen molar-refractivity contribution in [1.29, 1.82) is 0 Å². The first kappa shape index (κ1) is 25.4. The van der Waals surface area contributed by atoms with Crippen LogP contribution in [0.5, 0.6) is 0 Å². The molecule has 3 nitrogen and oxygen atoms in total. The highest BCUT2D eigenvalue weighted by molar-refractivity contribution is 7.80. The van der Waals surface area contributed by atoms with E-state index in [9.17, 15) is 4.79 Å². The van der Waals surface area contributed by atoms with Gasteiger partial charge in [0.05, 0.1) is 0 Å². The third kappa shape index (κ3) is 19.7. The molecule has 0 saturated carbocycles. The average molecular weight is 385 g/mol. The zero-order valence-corrected chi connectivity index (χ0v) is 18.4. The number of thiocarbonyl (C=S) groups is 1. The Kier molecular flexibility index (Phi) is 20.2. The number of rotatable bonds is 18. The van der Waals surface area contributed by atoms with Gasteiger partial charge in [-0.05, 0) is 25.1 Å². The summed E-state index contributed by atoms with van der Waals surface area (Å²) in [7, 11) is 0. The summed E-state index contributed by atoms with van der Waals surface area (Å²) in [6.07, 6.45) is 21.7. The molecular formula is C22H44N2OS. The van der Waals surface area contributed by atoms with E-state index in [0.29, 0.717) is 11.5 Å². The van der Waals surface area contributed by atoms with Gasteiger partial charge in [0, 0.05) is 13.0 Å². The van der Waals surface area contributed by atoms with Crippen LogP contribution in [0.25, 0.3) is 0 Å². The molecule has 0 fully saturated rings. The second kappa shape index (κ2) is 20.7. The first-order chi connectivity index (χ1) is 12.7. The van der Waals surface area contributed by atoms with Crippen molar-refractivity contribution in [3.05, 3.63) is 0 Å². The van der Waals surface area contributed by atoms with Gasteiger partial charge in [-0.2, -0.15) is 0 Å². The molecule has 0 saturated heterocycles. The van der Waals surface area contributed by atoms with E-state index >= 15 is 0 Å². The summed E-state index contributed by atoms with van der Waals surface area (Å²) in [6.45, 7) is 5.23. The third-order valence-electron chi connectivity index (χ3n) is 4.83. The summed E-state index contributed by atoms with van der Waals surface area (Å²) in [6, 6.07) is 0. The maximum Gasteiger partial charge on any atom is 0.226 e. The normalized spacial score (nSPS) is 10.7. The Morgan fingerprint density at radius 2 is 1.08 bits per heavy atom. The van der Waals surface area contributed by atoms with E-state index in [1.165, 1.54) is 83.5 Å². The van der Waals surface area contributed by atoms with E-state index < -0.39 is 0 Å². The lowest BCUT2D eigenvalue weighted by Crippen LogP contribution is -2.39. The predicted octanol–water partition coefficient (Wildman–Crippen LogP) is 6.65. The van der Waals surface area contributed by atoms with E-state index in [1.54, 1.807) is 0 Å². The first-order valence-corrected chi connectivity index (χ1v) is 11.7. The van der Waals surface area contributed by atoms with Crippen LogP contribution < -0.4 is 10.6 Å². The molecule has 0 unspecified atom stereocenters. The fourth-order valence-electron chi connectivity index (χ4n) is 3.09. The van der Waals surface area contributed by atoms with Gasteiger partial charge < -0.3 is 10.6 Å². The quantitative estimate of drug-likeness (QED) is 0.205. The van der Waals surface area contributed by atoms with Crippen molar-refractivity contribution in [2.75, 3.05) is 6.54 Å². The van der Waals surface area contributed by atoms with Crippen molar-refractivity contribution in [3.63, 3.8) is 0 Å². The maximum atomic E-state index is 11.5. The van der Waals surface area contributed by atoms with Crippen LogP contribution in [0.2, 0.25) is 0 Å². The number of hydrogen-bond acceptors (Lipinski definition) is 2. The van der Waals surface area contributed by atoms with E-state index in [1.807, 2.05) is 0 Å². The molecule has 1 amide bonds. The van der Waals surface area contributed by atoms with Crippen molar-refractivity contribution in [1.82, 2.24) is 10.6 Å². The Hall–Kier alpha value is -0.640. The van der Waals surface area contributed by atoms with Gasteiger partial charge >= 0.3 is 0 Å². The van der Waals surface area contributed by atoms with Crippen LogP contribution in [0.4, 0.5) is 0 Å². The minimum absolute atomic E-state index is 0.0327. The molecule has 26 heavy (non-hydrogen) atoms. The lowest BCUT2D eigenvalue weighted by Gasteiger charge is -2.09. The van der Waals surface area contributed by atoms with Crippen molar-refractivity contribution in [2.45, 2.75) is 123 Å². The molecule has 0 radical (unpaired) electrons. The standard InChI is InChI=1S/C22H44N2OS/c1-3-5-7-8-9-10-11-12-13-14-15-16-17-18-20-23-22(26)24-21(25)19-6-4-2/h3-20H2,1-2H3,(H2,23,24,25,26). The SMILES string of the molecule is CCCCCCCCCCCCCCCCNC(=S)NC(=O)CCCC. The first-order valence-electron chi connectivity index (χ1n) is 11.3. The third-order valence-corrected chi connectivity index (χ3v) is 5.07. The summed E-state index contributed by atoms with van der Waals surface area (Å²) in [5.41, 5.74) is 0. The molecule has 2 N–H and O–H groups in total. The second-order valence-corrected chi connectivity index (χ2v) is 7.91. The van der Waals surface area contributed by atoms with Crippen LogP contribution in [-0.2, 0) is 4.79 Å². The molecule has 0 heterocycles. The van der Waals surface area contributed by atoms with Crippen molar-refractivity contribution in [3.8, 4) is 0 Å². The Labute approximate surface area is 168 Å². The summed E-state index contributed by atoms with van der Waals surface area (Å²) >= 11 is 5.14. The molecule has 0 aliphatic rings. The maximum absolute atomic E-state index is 11.5. The zero-order chi connectivity index (χ0) is 19.3. The molecule has 154 valence electrons. The van der Waals surface area contributed by atoms with Gasteiger partial charge in [-0.15, -0.1) is 0 Å². The molecule has 0 spiro atoms. The van der Waals surface area contributed by atoms with Crippen LogP contribution >= 0.6 is 12.2 Å². The Morgan fingerprint density at radius 3 is 1.54 bits per heavy atom. The Balaban J connectivity index is 3.19. The topological polar surface area (TPSA) is 41.1 Å². The van der Waals surface area contributed by atoms with Crippen molar-refractivity contribution >= 4 is 23.2 Å². The molecule has 4 heteroatoms. The summed E-state index contributed by atoms with van der Waals surface area (Å²) in [5.74, 6) is 0.0327. The van der Waals surface area contributed by atoms with E-state index in [-0.39, 0.29) is 5.91 Å². The number of amides is 1. The minimum Gasteiger partial charge on any atom is -0.362 e. The van der Waals surface area contributed by atoms with E-state index in [2.05, 4.69) is 24.5 Å². The van der Waals surface area contributed by atoms with Crippen LogP contribution in [0.1, 0.15) is 123 Å². The summed E-state index contributed by atoms with van der Waals surface area (Å²) < 4.78 is 0. The lowest BCUT2D eigenvalue weighted by molar-refractivity contribution is -0.119. The Morgan fingerprint density at radius 1 is 0.654 bits per heavy atom. The van der Waals surface area contributed by atoms with Gasteiger partial charge in [0.25, 0.3) is 0 Å². The molecule has 0 bridgehead atoms. The van der Waals surface area contributed by atoms with Gasteiger partial charge in [0.15, 0.2) is 5.11 Å². The Bertz CT molecular complexity index is 334. The number of carbonyl (C=O) groups is 1. The highest BCUT2D eigenvalue weighted by atomic mass is 32.1. The zero-order valence-electron chi connectivity index (χ0n) is 17.5. The van der Waals surface area contributed by atoms with Crippen LogP contribution in [0.15, 0.2) is 0 Å². The molecule has 0 rings (SSSR count). The average Bonchev–Trinajstić information content (AvgIpc) is 2.63. The molecule has 0 atom stereocenters. The van der Waals surface area contributed by atoms with Crippen LogP contribution in [0, 0.1) is 0 Å². The molecular weight excluding hydrogens is 340 g/mol. The van der Waals surface area contributed by atoms with Gasteiger partial charge in [0.1, 0.15) is 0 Å². The molecule has 0 aromatic rings. The van der Waals surface area contributed by atoms with E-state index in [0.717, 1.165) is 25.8 Å². The van der Waals surface area contributed by atoms with Gasteiger partial charge in [0.2, 0.25) is 5.91 Å². The minimum atomic E-state index is 0.0327. The van der Waals surface area contributed by atoms with Crippen molar-refractivity contribution < 1.29 is 4.79 Å². The summed E-state index contributed by atoms with van der Waals surface area (Å²) in [4.78, 5) is 11.5. The van der Waals surface area contributed by atoms with Gasteiger partial charge in [-0.1, -0.05) is 104 Å². The monoisotopic (exact) mass is 384 g/mol. The molecule has 0 aliphatic carbocycles. The predicted molar refractivity (Wildman–Crippen MR) is 119 cm³/mol. The van der Waals surface area contributed by atoms with Crippen LogP contribution in [-0.4, -0.2) is 17.6 Å².